The SMILES string of the molecule is CC(C)OCCN1C(=O)C(c2ccc(F)cc2)=C(N2CCN(CCO)CC2)C1=O. The molecule has 1 fully saturated rings. The Kier molecular flexibility index (Phi) is 7.00. The Morgan fingerprint density at radius 2 is 1.69 bits per heavy atom. The van der Waals surface area contributed by atoms with Gasteiger partial charge in [0.2, 0.25) is 0 Å². The molecule has 0 unspecified atom stereocenters. The highest BCUT2D eigenvalue weighted by Crippen LogP contribution is 2.32. The van der Waals surface area contributed by atoms with Gasteiger partial charge in [0.05, 0.1) is 31.4 Å². The third kappa shape index (κ3) is 4.83. The molecular weight excluding hydrogens is 377 g/mol. The quantitative estimate of drug-likeness (QED) is 0.649. The van der Waals surface area contributed by atoms with Crippen molar-refractivity contribution in [2.45, 2.75) is 20.0 Å². The van der Waals surface area contributed by atoms with Gasteiger partial charge in [-0.25, -0.2) is 4.39 Å². The zero-order chi connectivity index (χ0) is 21.0. The van der Waals surface area contributed by atoms with E-state index in [0.717, 1.165) is 0 Å². The Morgan fingerprint density at radius 3 is 2.28 bits per heavy atom. The molecule has 0 atom stereocenters. The minimum absolute atomic E-state index is 0.00593. The third-order valence-corrected chi connectivity index (χ3v) is 5.15. The molecule has 2 heterocycles. The lowest BCUT2D eigenvalue weighted by atomic mass is 10.0. The standard InChI is InChI=1S/C21H28FN3O4/c1-15(2)29-14-12-25-20(27)18(16-3-5-17(22)6-4-16)19(21(25)28)24-9-7-23(8-10-24)11-13-26/h3-6,15,26H,7-14H2,1-2H3. The summed E-state index contributed by atoms with van der Waals surface area (Å²) in [7, 11) is 0. The van der Waals surface area contributed by atoms with Gasteiger partial charge in [0, 0.05) is 32.7 Å². The predicted octanol–water partition coefficient (Wildman–Crippen LogP) is 0.941. The number of imide groups is 1. The number of nitrogens with zero attached hydrogens (tertiary/aromatic N) is 3. The van der Waals surface area contributed by atoms with Gasteiger partial charge >= 0.3 is 0 Å². The fourth-order valence-corrected chi connectivity index (χ4v) is 3.65. The molecule has 158 valence electrons. The first-order valence-electron chi connectivity index (χ1n) is 9.98. The van der Waals surface area contributed by atoms with Crippen LogP contribution in [0.2, 0.25) is 0 Å². The van der Waals surface area contributed by atoms with Crippen LogP contribution in [0.15, 0.2) is 30.0 Å². The van der Waals surface area contributed by atoms with Crippen LogP contribution in [0.1, 0.15) is 19.4 Å². The largest absolute Gasteiger partial charge is 0.395 e. The van der Waals surface area contributed by atoms with Crippen molar-refractivity contribution in [3.05, 3.63) is 41.3 Å². The van der Waals surface area contributed by atoms with Gasteiger partial charge in [-0.2, -0.15) is 0 Å². The molecule has 2 amide bonds. The van der Waals surface area contributed by atoms with Crippen LogP contribution in [0.25, 0.3) is 5.57 Å². The van der Waals surface area contributed by atoms with Crippen LogP contribution in [0.3, 0.4) is 0 Å². The highest BCUT2D eigenvalue weighted by Gasteiger charge is 2.41. The second-order valence-corrected chi connectivity index (χ2v) is 7.46. The number of hydrogen-bond acceptors (Lipinski definition) is 6. The summed E-state index contributed by atoms with van der Waals surface area (Å²) in [6.07, 6.45) is 0.00593. The number of β-amino-alcohol motifs (C(OH)–C–C–N with tert-alkyl or cyclic N) is 1. The molecule has 8 heteroatoms. The maximum atomic E-state index is 13.4. The number of aliphatic hydroxyl groups excluding tert-OH is 1. The molecule has 0 saturated carbocycles. The average Bonchev–Trinajstić information content (AvgIpc) is 2.94. The lowest BCUT2D eigenvalue weighted by Crippen LogP contribution is -2.48. The maximum Gasteiger partial charge on any atom is 0.277 e. The van der Waals surface area contributed by atoms with Crippen molar-refractivity contribution in [2.75, 3.05) is 52.5 Å². The number of aliphatic hydroxyl groups is 1. The van der Waals surface area contributed by atoms with Gasteiger partial charge in [0.25, 0.3) is 11.8 Å². The molecule has 29 heavy (non-hydrogen) atoms. The molecule has 7 nitrogen and oxygen atoms in total. The minimum Gasteiger partial charge on any atom is -0.395 e. The Bertz CT molecular complexity index is 771. The molecule has 0 radical (unpaired) electrons. The van der Waals surface area contributed by atoms with Crippen LogP contribution in [0.4, 0.5) is 4.39 Å². The normalized spacial score (nSPS) is 18.5. The first-order chi connectivity index (χ1) is 13.9. The van der Waals surface area contributed by atoms with Crippen LogP contribution in [0.5, 0.6) is 0 Å². The van der Waals surface area contributed by atoms with Crippen molar-refractivity contribution in [1.29, 1.82) is 0 Å². The van der Waals surface area contributed by atoms with Gasteiger partial charge in [-0.3, -0.25) is 19.4 Å². The fraction of sp³-hybridized carbons (Fsp3) is 0.524. The van der Waals surface area contributed by atoms with Crippen LogP contribution in [0, 0.1) is 5.82 Å². The maximum absolute atomic E-state index is 13.4. The molecule has 1 aromatic rings. The Morgan fingerprint density at radius 1 is 1.03 bits per heavy atom. The fourth-order valence-electron chi connectivity index (χ4n) is 3.65. The molecule has 2 aliphatic heterocycles. The Balaban J connectivity index is 1.87. The van der Waals surface area contributed by atoms with Crippen LogP contribution in [-0.4, -0.2) is 90.2 Å². The summed E-state index contributed by atoms with van der Waals surface area (Å²) >= 11 is 0. The van der Waals surface area contributed by atoms with Crippen molar-refractivity contribution in [1.82, 2.24) is 14.7 Å². The van der Waals surface area contributed by atoms with Crippen molar-refractivity contribution in [3.63, 3.8) is 0 Å². The highest BCUT2D eigenvalue weighted by molar-refractivity contribution is 6.35. The molecule has 2 aliphatic rings. The molecule has 1 aromatic carbocycles. The van der Waals surface area contributed by atoms with Crippen LogP contribution < -0.4 is 0 Å². The Labute approximate surface area is 170 Å². The number of ether oxygens (including phenoxy) is 1. The summed E-state index contributed by atoms with van der Waals surface area (Å²) in [5, 5.41) is 9.13. The second kappa shape index (κ2) is 9.47. The predicted molar refractivity (Wildman–Crippen MR) is 106 cm³/mol. The number of hydrogen-bond donors (Lipinski definition) is 1. The topological polar surface area (TPSA) is 73.3 Å². The second-order valence-electron chi connectivity index (χ2n) is 7.46. The van der Waals surface area contributed by atoms with Crippen molar-refractivity contribution in [2.24, 2.45) is 0 Å². The molecule has 0 spiro atoms. The van der Waals surface area contributed by atoms with E-state index in [4.69, 9.17) is 9.84 Å². The number of carbonyl (C=O) groups excluding carboxylic acids is 2. The molecule has 0 bridgehead atoms. The van der Waals surface area contributed by atoms with Crippen molar-refractivity contribution < 1.29 is 23.8 Å². The molecule has 1 saturated heterocycles. The molecule has 0 aliphatic carbocycles. The molecular formula is C21H28FN3O4. The average molecular weight is 405 g/mol. The molecule has 3 rings (SSSR count). The summed E-state index contributed by atoms with van der Waals surface area (Å²) in [6, 6.07) is 5.65. The number of rotatable bonds is 8. The van der Waals surface area contributed by atoms with E-state index in [1.807, 2.05) is 18.7 Å². The summed E-state index contributed by atoms with van der Waals surface area (Å²) in [5.41, 5.74) is 1.22. The van der Waals surface area contributed by atoms with E-state index in [2.05, 4.69) is 4.90 Å². The van der Waals surface area contributed by atoms with E-state index in [-0.39, 0.29) is 37.7 Å². The molecule has 0 aromatic heterocycles. The Hall–Kier alpha value is -2.29. The van der Waals surface area contributed by atoms with E-state index in [1.54, 1.807) is 0 Å². The van der Waals surface area contributed by atoms with Gasteiger partial charge in [-0.05, 0) is 31.5 Å². The smallest absolute Gasteiger partial charge is 0.277 e. The molecule has 1 N–H and O–H groups in total. The summed E-state index contributed by atoms with van der Waals surface area (Å²) in [6.45, 7) is 7.45. The first-order valence-corrected chi connectivity index (χ1v) is 9.98. The van der Waals surface area contributed by atoms with E-state index < -0.39 is 5.82 Å². The van der Waals surface area contributed by atoms with Gasteiger partial charge in [0.1, 0.15) is 11.5 Å². The van der Waals surface area contributed by atoms with Gasteiger partial charge in [0.15, 0.2) is 0 Å². The number of piperazine rings is 1. The van der Waals surface area contributed by atoms with Crippen LogP contribution in [-0.2, 0) is 14.3 Å². The van der Waals surface area contributed by atoms with Gasteiger partial charge in [-0.15, -0.1) is 0 Å². The van der Waals surface area contributed by atoms with Crippen molar-refractivity contribution in [3.8, 4) is 0 Å². The number of carbonyl (C=O) groups is 2. The number of halogens is 1. The lowest BCUT2D eigenvalue weighted by Gasteiger charge is -2.36. The van der Waals surface area contributed by atoms with Crippen molar-refractivity contribution >= 4 is 17.4 Å². The monoisotopic (exact) mass is 405 g/mol. The van der Waals surface area contributed by atoms with E-state index in [9.17, 15) is 14.0 Å². The highest BCUT2D eigenvalue weighted by atomic mass is 19.1. The number of amides is 2. The zero-order valence-electron chi connectivity index (χ0n) is 16.9. The van der Waals surface area contributed by atoms with E-state index in [1.165, 1.54) is 29.2 Å². The van der Waals surface area contributed by atoms with E-state index in [0.29, 0.717) is 49.6 Å². The summed E-state index contributed by atoms with van der Waals surface area (Å²) < 4.78 is 18.9. The first kappa shape index (κ1) is 21.4. The lowest BCUT2D eigenvalue weighted by molar-refractivity contribution is -0.138. The van der Waals surface area contributed by atoms with E-state index >= 15 is 0 Å². The van der Waals surface area contributed by atoms with Gasteiger partial charge < -0.3 is 14.7 Å². The van der Waals surface area contributed by atoms with Crippen LogP contribution >= 0.6 is 0 Å². The van der Waals surface area contributed by atoms with Gasteiger partial charge in [-0.1, -0.05) is 12.1 Å². The number of benzene rings is 1. The summed E-state index contributed by atoms with van der Waals surface area (Å²) in [5.74, 6) is -1.11. The summed E-state index contributed by atoms with van der Waals surface area (Å²) in [4.78, 5) is 31.6. The third-order valence-electron chi connectivity index (χ3n) is 5.15. The zero-order valence-corrected chi connectivity index (χ0v) is 16.9. The minimum atomic E-state index is -0.396.